The van der Waals surface area contributed by atoms with Crippen LogP contribution in [-0.4, -0.2) is 59.3 Å². The third-order valence-electron chi connectivity index (χ3n) is 4.89. The molecule has 3 rings (SSSR count). The molecule has 2 atom stereocenters. The number of hydrogen-bond acceptors (Lipinski definition) is 7. The normalized spacial score (nSPS) is 17.2. The van der Waals surface area contributed by atoms with E-state index in [0.29, 0.717) is 31.3 Å². The summed E-state index contributed by atoms with van der Waals surface area (Å²) in [5.74, 6) is 1.01. The SMILES string of the molecule is CC(Nc1ccc(N(C)Cc2cccc(F)c2)nn1)O[C@@H]1CCN(C(=O)OC(C)(C)C)C1. The highest BCUT2D eigenvalue weighted by atomic mass is 19.1. The highest BCUT2D eigenvalue weighted by Crippen LogP contribution is 2.19. The van der Waals surface area contributed by atoms with Gasteiger partial charge in [0.05, 0.1) is 12.6 Å². The van der Waals surface area contributed by atoms with Crippen molar-refractivity contribution in [1.82, 2.24) is 15.1 Å². The molecule has 0 bridgehead atoms. The number of carbonyl (C=O) groups excluding carboxylic acids is 1. The van der Waals surface area contributed by atoms with Gasteiger partial charge in [0.15, 0.2) is 11.6 Å². The van der Waals surface area contributed by atoms with Crippen molar-refractivity contribution in [2.75, 3.05) is 30.4 Å². The Bertz CT molecular complexity index is 903. The maximum atomic E-state index is 13.4. The van der Waals surface area contributed by atoms with E-state index in [2.05, 4.69) is 15.5 Å². The molecule has 2 heterocycles. The van der Waals surface area contributed by atoms with Crippen molar-refractivity contribution in [3.63, 3.8) is 0 Å². The van der Waals surface area contributed by atoms with E-state index in [1.54, 1.807) is 11.0 Å². The second-order valence-electron chi connectivity index (χ2n) is 9.02. The minimum atomic E-state index is -0.513. The average Bonchev–Trinajstić information content (AvgIpc) is 3.16. The molecular formula is C23H32FN5O3. The van der Waals surface area contributed by atoms with Crippen LogP contribution < -0.4 is 10.2 Å². The van der Waals surface area contributed by atoms with E-state index in [-0.39, 0.29) is 24.2 Å². The van der Waals surface area contributed by atoms with Gasteiger partial charge in [-0.25, -0.2) is 9.18 Å². The number of benzene rings is 1. The lowest BCUT2D eigenvalue weighted by molar-refractivity contribution is 0.00700. The summed E-state index contributed by atoms with van der Waals surface area (Å²) in [5.41, 5.74) is 0.344. The molecule has 1 aliphatic heterocycles. The molecule has 1 aromatic heterocycles. The van der Waals surface area contributed by atoms with Crippen LogP contribution in [-0.2, 0) is 16.0 Å². The fraction of sp³-hybridized carbons (Fsp3) is 0.522. The van der Waals surface area contributed by atoms with Gasteiger partial charge >= 0.3 is 6.09 Å². The van der Waals surface area contributed by atoms with Crippen molar-refractivity contribution in [3.8, 4) is 0 Å². The van der Waals surface area contributed by atoms with Gasteiger partial charge in [-0.15, -0.1) is 10.2 Å². The van der Waals surface area contributed by atoms with Gasteiger partial charge in [-0.3, -0.25) is 0 Å². The van der Waals surface area contributed by atoms with Gasteiger partial charge < -0.3 is 24.6 Å². The molecule has 1 amide bonds. The van der Waals surface area contributed by atoms with E-state index in [4.69, 9.17) is 9.47 Å². The fourth-order valence-corrected chi connectivity index (χ4v) is 3.46. The second kappa shape index (κ2) is 10.1. The topological polar surface area (TPSA) is 79.8 Å². The molecule has 2 aromatic rings. The van der Waals surface area contributed by atoms with Gasteiger partial charge in [0, 0.05) is 20.1 Å². The molecule has 8 nitrogen and oxygen atoms in total. The lowest BCUT2D eigenvalue weighted by Gasteiger charge is -2.25. The quantitative estimate of drug-likeness (QED) is 0.645. The number of nitrogens with zero attached hydrogens (tertiary/aromatic N) is 4. The summed E-state index contributed by atoms with van der Waals surface area (Å²) in [5, 5.41) is 11.6. The highest BCUT2D eigenvalue weighted by Gasteiger charge is 2.31. The zero-order valence-electron chi connectivity index (χ0n) is 19.3. The predicted octanol–water partition coefficient (Wildman–Crippen LogP) is 4.04. The van der Waals surface area contributed by atoms with Crippen LogP contribution in [0, 0.1) is 5.82 Å². The number of ether oxygens (including phenoxy) is 2. The van der Waals surface area contributed by atoms with E-state index < -0.39 is 5.60 Å². The number of likely N-dealkylation sites (tertiary alicyclic amines) is 1. The molecular weight excluding hydrogens is 413 g/mol. The molecule has 0 spiro atoms. The first-order valence-corrected chi connectivity index (χ1v) is 10.8. The maximum Gasteiger partial charge on any atom is 0.410 e. The van der Waals surface area contributed by atoms with E-state index in [9.17, 15) is 9.18 Å². The Morgan fingerprint density at radius 1 is 1.31 bits per heavy atom. The molecule has 174 valence electrons. The summed E-state index contributed by atoms with van der Waals surface area (Å²) in [7, 11) is 1.88. The predicted molar refractivity (Wildman–Crippen MR) is 121 cm³/mol. The first-order chi connectivity index (χ1) is 15.1. The summed E-state index contributed by atoms with van der Waals surface area (Å²) in [6.07, 6.45) is 0.0623. The van der Waals surface area contributed by atoms with Gasteiger partial charge in [-0.1, -0.05) is 12.1 Å². The van der Waals surface area contributed by atoms with Crippen LogP contribution in [0.25, 0.3) is 0 Å². The molecule has 1 saturated heterocycles. The number of carbonyl (C=O) groups is 1. The number of amides is 1. The van der Waals surface area contributed by atoms with Gasteiger partial charge in [-0.05, 0) is 63.9 Å². The Labute approximate surface area is 188 Å². The van der Waals surface area contributed by atoms with E-state index in [0.717, 1.165) is 12.0 Å². The largest absolute Gasteiger partial charge is 0.444 e. The molecule has 32 heavy (non-hydrogen) atoms. The number of rotatable bonds is 7. The molecule has 9 heteroatoms. The smallest absolute Gasteiger partial charge is 0.410 e. The number of hydrogen-bond donors (Lipinski definition) is 1. The Hall–Kier alpha value is -2.94. The van der Waals surface area contributed by atoms with Gasteiger partial charge in [-0.2, -0.15) is 0 Å². The molecule has 0 aliphatic carbocycles. The number of halogens is 1. The van der Waals surface area contributed by atoms with Gasteiger partial charge in [0.2, 0.25) is 0 Å². The fourth-order valence-electron chi connectivity index (χ4n) is 3.46. The Morgan fingerprint density at radius 2 is 2.09 bits per heavy atom. The number of aromatic nitrogens is 2. The first-order valence-electron chi connectivity index (χ1n) is 10.8. The summed E-state index contributed by atoms with van der Waals surface area (Å²) in [4.78, 5) is 15.8. The molecule has 1 aliphatic rings. The first kappa shape index (κ1) is 23.7. The average molecular weight is 446 g/mol. The Morgan fingerprint density at radius 3 is 2.75 bits per heavy atom. The van der Waals surface area contributed by atoms with Crippen molar-refractivity contribution in [1.29, 1.82) is 0 Å². The lowest BCUT2D eigenvalue weighted by Crippen LogP contribution is -2.36. The van der Waals surface area contributed by atoms with Crippen molar-refractivity contribution < 1.29 is 18.7 Å². The summed E-state index contributed by atoms with van der Waals surface area (Å²) >= 11 is 0. The van der Waals surface area contributed by atoms with Crippen LogP contribution in [0.2, 0.25) is 0 Å². The molecule has 1 aromatic carbocycles. The van der Waals surface area contributed by atoms with Crippen LogP contribution >= 0.6 is 0 Å². The lowest BCUT2D eigenvalue weighted by atomic mass is 10.2. The van der Waals surface area contributed by atoms with Gasteiger partial charge in [0.25, 0.3) is 0 Å². The monoisotopic (exact) mass is 445 g/mol. The van der Waals surface area contributed by atoms with Crippen LogP contribution in [0.4, 0.5) is 20.8 Å². The van der Waals surface area contributed by atoms with Crippen molar-refractivity contribution in [3.05, 3.63) is 47.8 Å². The number of nitrogens with one attached hydrogen (secondary N) is 1. The van der Waals surface area contributed by atoms with Crippen LogP contribution in [0.15, 0.2) is 36.4 Å². The third kappa shape index (κ3) is 7.05. The highest BCUT2D eigenvalue weighted by molar-refractivity contribution is 5.68. The third-order valence-corrected chi connectivity index (χ3v) is 4.89. The summed E-state index contributed by atoms with van der Waals surface area (Å²) in [6.45, 7) is 9.08. The summed E-state index contributed by atoms with van der Waals surface area (Å²) in [6, 6.07) is 10.2. The Balaban J connectivity index is 1.46. The minimum Gasteiger partial charge on any atom is -0.444 e. The van der Waals surface area contributed by atoms with E-state index in [1.165, 1.54) is 12.1 Å². The van der Waals surface area contributed by atoms with Gasteiger partial charge in [0.1, 0.15) is 17.6 Å². The second-order valence-corrected chi connectivity index (χ2v) is 9.02. The molecule has 0 radical (unpaired) electrons. The standard InChI is InChI=1S/C23H32FN5O3/c1-16(31-19-11-12-29(15-19)22(30)32-23(2,3)4)25-20-9-10-21(27-26-20)28(5)14-17-7-6-8-18(24)13-17/h6-10,13,16,19H,11-12,14-15H2,1-5H3,(H,25,26)/t16?,19-/m1/s1. The molecule has 1 N–H and O–H groups in total. The minimum absolute atomic E-state index is 0.0744. The molecule has 1 unspecified atom stereocenters. The Kier molecular flexibility index (Phi) is 7.50. The van der Waals surface area contributed by atoms with E-state index >= 15 is 0 Å². The molecule has 1 fully saturated rings. The summed E-state index contributed by atoms with van der Waals surface area (Å²) < 4.78 is 24.8. The van der Waals surface area contributed by atoms with Crippen LogP contribution in [0.5, 0.6) is 0 Å². The van der Waals surface area contributed by atoms with Crippen LogP contribution in [0.1, 0.15) is 39.7 Å². The van der Waals surface area contributed by atoms with Crippen molar-refractivity contribution >= 4 is 17.7 Å². The number of anilines is 2. The zero-order chi connectivity index (χ0) is 23.3. The zero-order valence-corrected chi connectivity index (χ0v) is 19.3. The van der Waals surface area contributed by atoms with E-state index in [1.807, 2.05) is 57.8 Å². The van der Waals surface area contributed by atoms with Crippen molar-refractivity contribution in [2.45, 2.75) is 58.6 Å². The maximum absolute atomic E-state index is 13.4. The molecule has 0 saturated carbocycles. The van der Waals surface area contributed by atoms with Crippen molar-refractivity contribution in [2.24, 2.45) is 0 Å². The van der Waals surface area contributed by atoms with Crippen LogP contribution in [0.3, 0.4) is 0 Å².